The maximum atomic E-state index is 15.0. The molecule has 2 aliphatic rings. The molecule has 1 saturated heterocycles. The van der Waals surface area contributed by atoms with Crippen LogP contribution >= 0.6 is 0 Å². The second-order valence-electron chi connectivity index (χ2n) is 8.51. The number of unbranched alkanes of at least 4 members (excludes halogenated alkanes) is 2. The van der Waals surface area contributed by atoms with Crippen LogP contribution in [0.3, 0.4) is 0 Å². The third kappa shape index (κ3) is 7.05. The van der Waals surface area contributed by atoms with E-state index in [1.165, 1.54) is 13.0 Å². The summed E-state index contributed by atoms with van der Waals surface area (Å²) in [5.74, 6) is -1.15. The number of aliphatic hydroxyl groups is 1. The van der Waals surface area contributed by atoms with E-state index in [0.717, 1.165) is 6.42 Å². The van der Waals surface area contributed by atoms with Crippen molar-refractivity contribution in [2.75, 3.05) is 0 Å². The molecule has 1 aliphatic heterocycles. The van der Waals surface area contributed by atoms with Gasteiger partial charge in [-0.1, -0.05) is 38.8 Å². The molecule has 2 rings (SSSR count). The summed E-state index contributed by atoms with van der Waals surface area (Å²) in [5, 5.41) is 20.7. The molecule has 160 valence electrons. The van der Waals surface area contributed by atoms with Crippen LogP contribution in [0.15, 0.2) is 24.0 Å². The topological polar surface area (TPSA) is 69.6 Å². The van der Waals surface area contributed by atoms with Crippen LogP contribution in [-0.4, -0.2) is 35.1 Å². The number of hydrogen-bond acceptors (Lipinski definition) is 4. The largest absolute Gasteiger partial charge is 1.00 e. The molecule has 1 N–H and O–H groups in total. The molecule has 7 atom stereocenters. The fraction of sp³-hybridized carbons (Fsp3) is 0.773. The van der Waals surface area contributed by atoms with Gasteiger partial charge in [0.2, 0.25) is 0 Å². The van der Waals surface area contributed by atoms with Crippen molar-refractivity contribution in [1.29, 1.82) is 0 Å². The fourth-order valence-corrected chi connectivity index (χ4v) is 4.32. The van der Waals surface area contributed by atoms with Gasteiger partial charge in [-0.25, -0.2) is 8.78 Å². The predicted molar refractivity (Wildman–Crippen MR) is 102 cm³/mol. The van der Waals surface area contributed by atoms with Crippen LogP contribution in [0.5, 0.6) is 0 Å². The molecule has 0 aromatic carbocycles. The molecule has 1 aliphatic carbocycles. The number of aliphatic hydroxyl groups excluding tert-OH is 1. The number of halogens is 2. The van der Waals surface area contributed by atoms with Gasteiger partial charge in [0.25, 0.3) is 0 Å². The molecule has 0 amide bonds. The van der Waals surface area contributed by atoms with Crippen molar-refractivity contribution in [1.82, 2.24) is 0 Å². The normalized spacial score (nSPS) is 33.2. The average molecular weight is 422 g/mol. The number of carboxylic acids is 1. The molecule has 7 heteroatoms. The van der Waals surface area contributed by atoms with Crippen LogP contribution in [0.1, 0.15) is 65.7 Å². The SMILES string of the molecule is CCCCC(C)(F)[C@H](O)/C=C/[C@@H]1[C@H]2C(F)/C(=C/CCCC(=O)[O-])O[C@@H]2C[C@H]1C.[Na+]. The summed E-state index contributed by atoms with van der Waals surface area (Å²) in [6.45, 7) is 5.40. The summed E-state index contributed by atoms with van der Waals surface area (Å²) < 4.78 is 35.4. The zero-order valence-corrected chi connectivity index (χ0v) is 20.1. The van der Waals surface area contributed by atoms with Gasteiger partial charge in [-0.15, -0.1) is 0 Å². The van der Waals surface area contributed by atoms with Crippen LogP contribution in [0.4, 0.5) is 8.78 Å². The van der Waals surface area contributed by atoms with Crippen LogP contribution in [0.2, 0.25) is 0 Å². The maximum absolute atomic E-state index is 15.0. The van der Waals surface area contributed by atoms with Gasteiger partial charge in [0.05, 0.1) is 0 Å². The van der Waals surface area contributed by atoms with Crippen LogP contribution in [0.25, 0.3) is 0 Å². The summed E-state index contributed by atoms with van der Waals surface area (Å²) >= 11 is 0. The number of fused-ring (bicyclic) bond motifs is 1. The predicted octanol–water partition coefficient (Wildman–Crippen LogP) is 0.639. The first-order chi connectivity index (χ1) is 13.2. The molecule has 1 saturated carbocycles. The Morgan fingerprint density at radius 3 is 2.76 bits per heavy atom. The summed E-state index contributed by atoms with van der Waals surface area (Å²) in [5.41, 5.74) is -1.70. The Morgan fingerprint density at radius 1 is 1.45 bits per heavy atom. The molecule has 2 fully saturated rings. The number of carbonyl (C=O) groups is 1. The fourth-order valence-electron chi connectivity index (χ4n) is 4.32. The molecule has 0 spiro atoms. The minimum absolute atomic E-state index is 0. The quantitative estimate of drug-likeness (QED) is 0.319. The summed E-state index contributed by atoms with van der Waals surface area (Å²) in [6, 6.07) is 0. The molecule has 0 aromatic rings. The number of allylic oxidation sites excluding steroid dienone is 3. The number of hydrogen-bond donors (Lipinski definition) is 1. The van der Waals surface area contributed by atoms with Gasteiger partial charge in [-0.2, -0.15) is 0 Å². The standard InChI is InChI=1S/C22H34F2O4.Na/c1-4-5-12-22(3,24)18(25)11-10-15-14(2)13-17-20(15)21(23)16(28-17)8-6-7-9-19(26)27;/h8,10-11,14-15,17-18,20-21,25H,4-7,9,12-13H2,1-3H3,(H,26,27);/q;+1/p-1/b11-10+,16-8-;/t14-,15+,17-,18-,20-,21?,22?;/m1./s1. The van der Waals surface area contributed by atoms with Crippen molar-refractivity contribution in [2.24, 2.45) is 17.8 Å². The number of carboxylic acid groups (broad SMARTS) is 1. The molecule has 0 radical (unpaired) electrons. The monoisotopic (exact) mass is 422 g/mol. The van der Waals surface area contributed by atoms with Crippen molar-refractivity contribution in [3.8, 4) is 0 Å². The van der Waals surface area contributed by atoms with E-state index < -0.39 is 23.9 Å². The number of rotatable bonds is 10. The first kappa shape index (κ1) is 26.6. The third-order valence-corrected chi connectivity index (χ3v) is 6.11. The van der Waals surface area contributed by atoms with Crippen molar-refractivity contribution in [3.63, 3.8) is 0 Å². The second-order valence-corrected chi connectivity index (χ2v) is 8.51. The van der Waals surface area contributed by atoms with Crippen LogP contribution in [0, 0.1) is 17.8 Å². The molecule has 0 aromatic heterocycles. The third-order valence-electron chi connectivity index (χ3n) is 6.11. The summed E-state index contributed by atoms with van der Waals surface area (Å²) in [6.07, 6.45) is 5.46. The first-order valence-corrected chi connectivity index (χ1v) is 10.4. The van der Waals surface area contributed by atoms with Gasteiger partial charge < -0.3 is 19.7 Å². The molecular formula is C22H33F2NaO4. The van der Waals surface area contributed by atoms with Crippen molar-refractivity contribution >= 4 is 5.97 Å². The van der Waals surface area contributed by atoms with E-state index in [4.69, 9.17) is 4.74 Å². The van der Waals surface area contributed by atoms with Crippen molar-refractivity contribution < 1.29 is 58.1 Å². The van der Waals surface area contributed by atoms with Crippen LogP contribution < -0.4 is 34.7 Å². The number of aliphatic carboxylic acids is 1. The molecule has 2 unspecified atom stereocenters. The summed E-state index contributed by atoms with van der Waals surface area (Å²) in [7, 11) is 0. The van der Waals surface area contributed by atoms with Crippen molar-refractivity contribution in [2.45, 2.75) is 89.8 Å². The van der Waals surface area contributed by atoms with Crippen molar-refractivity contribution in [3.05, 3.63) is 24.0 Å². The maximum Gasteiger partial charge on any atom is 1.00 e. The molecule has 1 heterocycles. The Morgan fingerprint density at radius 2 is 2.14 bits per heavy atom. The summed E-state index contributed by atoms with van der Waals surface area (Å²) in [4.78, 5) is 10.5. The zero-order chi connectivity index (χ0) is 20.9. The zero-order valence-electron chi connectivity index (χ0n) is 18.1. The minimum atomic E-state index is -1.70. The molecule has 0 bridgehead atoms. The number of ether oxygens (including phenoxy) is 1. The van der Waals surface area contributed by atoms with E-state index in [-0.39, 0.29) is 72.0 Å². The molecular weight excluding hydrogens is 389 g/mol. The Labute approximate surface area is 195 Å². The minimum Gasteiger partial charge on any atom is -0.550 e. The Balaban J connectivity index is 0.00000420. The smallest absolute Gasteiger partial charge is 0.550 e. The van der Waals surface area contributed by atoms with E-state index in [2.05, 4.69) is 0 Å². The molecule has 29 heavy (non-hydrogen) atoms. The number of alkyl halides is 2. The van der Waals surface area contributed by atoms with E-state index in [1.807, 2.05) is 13.8 Å². The van der Waals surface area contributed by atoms with E-state index >= 15 is 0 Å². The Bertz CT molecular complexity index is 593. The van der Waals surface area contributed by atoms with Gasteiger partial charge in [-0.05, 0) is 56.9 Å². The first-order valence-electron chi connectivity index (χ1n) is 10.4. The van der Waals surface area contributed by atoms with Gasteiger partial charge >= 0.3 is 29.6 Å². The second kappa shape index (κ2) is 11.8. The Hall–Kier alpha value is -0.430. The molecule has 4 nitrogen and oxygen atoms in total. The van der Waals surface area contributed by atoms with Gasteiger partial charge in [0, 0.05) is 11.9 Å². The van der Waals surface area contributed by atoms with Crippen LogP contribution in [-0.2, 0) is 9.53 Å². The number of carbonyl (C=O) groups excluding carboxylic acids is 1. The van der Waals surface area contributed by atoms with Gasteiger partial charge in [-0.3, -0.25) is 0 Å². The van der Waals surface area contributed by atoms with E-state index in [0.29, 0.717) is 25.7 Å². The van der Waals surface area contributed by atoms with E-state index in [1.54, 1.807) is 12.2 Å². The average Bonchev–Trinajstić information content (AvgIpc) is 3.09. The van der Waals surface area contributed by atoms with E-state index in [9.17, 15) is 23.8 Å². The van der Waals surface area contributed by atoms with Gasteiger partial charge in [0.15, 0.2) is 6.17 Å². The van der Waals surface area contributed by atoms with Gasteiger partial charge in [0.1, 0.15) is 23.6 Å². The Kier molecular flexibility index (Phi) is 10.8.